The van der Waals surface area contributed by atoms with Gasteiger partial charge in [-0.15, -0.1) is 5.10 Å². The third-order valence-electron chi connectivity index (χ3n) is 4.46. The monoisotopic (exact) mass is 277 g/mol. The van der Waals surface area contributed by atoms with Crippen molar-refractivity contribution in [2.24, 2.45) is 5.92 Å². The fourth-order valence-corrected chi connectivity index (χ4v) is 3.43. The lowest BCUT2D eigenvalue weighted by atomic mass is 9.85. The molecule has 0 unspecified atom stereocenters. The minimum Gasteiger partial charge on any atom is -0.356 e. The summed E-state index contributed by atoms with van der Waals surface area (Å²) in [6.07, 6.45) is 7.81. The van der Waals surface area contributed by atoms with Crippen molar-refractivity contribution >= 4 is 22.5 Å². The van der Waals surface area contributed by atoms with Crippen molar-refractivity contribution in [3.8, 4) is 0 Å². The van der Waals surface area contributed by atoms with Crippen LogP contribution in [0.2, 0.25) is 5.15 Å². The van der Waals surface area contributed by atoms with Gasteiger partial charge in [-0.2, -0.15) is 5.10 Å². The molecule has 1 saturated carbocycles. The lowest BCUT2D eigenvalue weighted by Crippen LogP contribution is -2.11. The van der Waals surface area contributed by atoms with Crippen LogP contribution in [-0.2, 0) is 6.42 Å². The van der Waals surface area contributed by atoms with Crippen LogP contribution in [0.25, 0.3) is 10.9 Å². The Hall–Kier alpha value is -1.09. The summed E-state index contributed by atoms with van der Waals surface area (Å²) in [5.41, 5.74) is 4.50. The van der Waals surface area contributed by atoms with Gasteiger partial charge in [-0.3, -0.25) is 0 Å². The minimum absolute atomic E-state index is 0.485. The summed E-state index contributed by atoms with van der Waals surface area (Å²) in [6.45, 7) is 4.21. The van der Waals surface area contributed by atoms with Crippen molar-refractivity contribution in [3.63, 3.8) is 0 Å². The molecule has 1 N–H and O–H groups in total. The Morgan fingerprint density at radius 2 is 1.89 bits per heavy atom. The van der Waals surface area contributed by atoms with Gasteiger partial charge < -0.3 is 4.98 Å². The molecular weight excluding hydrogens is 258 g/mol. The van der Waals surface area contributed by atoms with Crippen LogP contribution in [0.1, 0.15) is 49.1 Å². The minimum atomic E-state index is 0.485. The topological polar surface area (TPSA) is 41.6 Å². The van der Waals surface area contributed by atoms with Gasteiger partial charge in [0.1, 0.15) is 0 Å². The first-order chi connectivity index (χ1) is 9.16. The maximum atomic E-state index is 6.15. The van der Waals surface area contributed by atoms with Crippen LogP contribution >= 0.6 is 11.6 Å². The highest BCUT2D eigenvalue weighted by atomic mass is 35.5. The number of fused-ring (bicyclic) bond motifs is 1. The molecule has 2 heterocycles. The average molecular weight is 278 g/mol. The normalized spacial score (nSPS) is 17.2. The molecule has 0 aromatic carbocycles. The summed E-state index contributed by atoms with van der Waals surface area (Å²) in [5, 5.41) is 10.2. The zero-order valence-corrected chi connectivity index (χ0v) is 12.3. The standard InChI is InChI=1S/C15H20ClN3/c1-9-10(2)17-14-13(9)12(18-19-15(14)16)8-11-6-4-3-5-7-11/h11,17H,3-8H2,1-2H3. The van der Waals surface area contributed by atoms with E-state index in [0.717, 1.165) is 29.2 Å². The number of nitrogens with zero attached hydrogens (tertiary/aromatic N) is 2. The van der Waals surface area contributed by atoms with Crippen molar-refractivity contribution in [1.82, 2.24) is 15.2 Å². The van der Waals surface area contributed by atoms with Gasteiger partial charge in [0.25, 0.3) is 0 Å². The van der Waals surface area contributed by atoms with Gasteiger partial charge in [0, 0.05) is 11.1 Å². The van der Waals surface area contributed by atoms with E-state index in [1.54, 1.807) is 0 Å². The quantitative estimate of drug-likeness (QED) is 0.887. The molecule has 3 rings (SSSR count). The second-order valence-electron chi connectivity index (χ2n) is 5.77. The average Bonchev–Trinajstić information content (AvgIpc) is 2.72. The Bertz CT molecular complexity index is 597. The summed E-state index contributed by atoms with van der Waals surface area (Å²) in [6, 6.07) is 0. The predicted molar refractivity (Wildman–Crippen MR) is 78.7 cm³/mol. The maximum Gasteiger partial charge on any atom is 0.175 e. The molecule has 0 bridgehead atoms. The maximum absolute atomic E-state index is 6.15. The molecule has 2 aromatic rings. The second-order valence-corrected chi connectivity index (χ2v) is 6.13. The van der Waals surface area contributed by atoms with Crippen LogP contribution in [0.5, 0.6) is 0 Å². The first-order valence-corrected chi connectivity index (χ1v) is 7.54. The summed E-state index contributed by atoms with van der Waals surface area (Å²) in [7, 11) is 0. The molecule has 102 valence electrons. The van der Waals surface area contributed by atoms with Gasteiger partial charge >= 0.3 is 0 Å². The fourth-order valence-electron chi connectivity index (χ4n) is 3.25. The molecule has 4 heteroatoms. The molecule has 0 atom stereocenters. The van der Waals surface area contributed by atoms with Gasteiger partial charge in [0.15, 0.2) is 5.15 Å². The van der Waals surface area contributed by atoms with Crippen LogP contribution in [0, 0.1) is 19.8 Å². The first kappa shape index (κ1) is 12.9. The highest BCUT2D eigenvalue weighted by Gasteiger charge is 2.19. The fraction of sp³-hybridized carbons (Fsp3) is 0.600. The summed E-state index contributed by atoms with van der Waals surface area (Å²) >= 11 is 6.15. The molecular formula is C15H20ClN3. The zero-order chi connectivity index (χ0) is 13.4. The number of rotatable bonds is 2. The lowest BCUT2D eigenvalue weighted by molar-refractivity contribution is 0.354. The van der Waals surface area contributed by atoms with E-state index in [9.17, 15) is 0 Å². The molecule has 3 nitrogen and oxygen atoms in total. The van der Waals surface area contributed by atoms with Gasteiger partial charge in [0.2, 0.25) is 0 Å². The van der Waals surface area contributed by atoms with Gasteiger partial charge in [0.05, 0.1) is 11.2 Å². The van der Waals surface area contributed by atoms with E-state index in [1.165, 1.54) is 43.1 Å². The van der Waals surface area contributed by atoms with Gasteiger partial charge in [-0.05, 0) is 31.7 Å². The van der Waals surface area contributed by atoms with Crippen molar-refractivity contribution in [3.05, 3.63) is 22.1 Å². The number of H-pyrrole nitrogens is 1. The molecule has 0 radical (unpaired) electrons. The molecule has 2 aromatic heterocycles. The number of hydrogen-bond donors (Lipinski definition) is 1. The smallest absolute Gasteiger partial charge is 0.175 e. The first-order valence-electron chi connectivity index (χ1n) is 7.16. The third-order valence-corrected chi connectivity index (χ3v) is 4.72. The van der Waals surface area contributed by atoms with Crippen molar-refractivity contribution < 1.29 is 0 Å². The van der Waals surface area contributed by atoms with E-state index in [0.29, 0.717) is 5.15 Å². The molecule has 0 spiro atoms. The number of aromatic nitrogens is 3. The van der Waals surface area contributed by atoms with E-state index in [1.807, 2.05) is 0 Å². The van der Waals surface area contributed by atoms with Crippen LogP contribution in [0.15, 0.2) is 0 Å². The van der Waals surface area contributed by atoms with E-state index in [4.69, 9.17) is 11.6 Å². The molecule has 0 amide bonds. The lowest BCUT2D eigenvalue weighted by Gasteiger charge is -2.21. The van der Waals surface area contributed by atoms with Crippen molar-refractivity contribution in [1.29, 1.82) is 0 Å². The number of aryl methyl sites for hydroxylation is 2. The molecule has 0 aliphatic heterocycles. The van der Waals surface area contributed by atoms with E-state index in [2.05, 4.69) is 29.0 Å². The SMILES string of the molecule is Cc1[nH]c2c(Cl)nnc(CC3CCCCC3)c2c1C. The summed E-state index contributed by atoms with van der Waals surface area (Å²) < 4.78 is 0. The highest BCUT2D eigenvalue weighted by Crippen LogP contribution is 2.32. The van der Waals surface area contributed by atoms with Gasteiger partial charge in [-0.1, -0.05) is 43.7 Å². The molecule has 0 saturated heterocycles. The van der Waals surface area contributed by atoms with Crippen molar-refractivity contribution in [2.45, 2.75) is 52.4 Å². The second kappa shape index (κ2) is 5.12. The Morgan fingerprint density at radius 3 is 2.63 bits per heavy atom. The number of aromatic amines is 1. The van der Waals surface area contributed by atoms with Crippen LogP contribution in [-0.4, -0.2) is 15.2 Å². The summed E-state index contributed by atoms with van der Waals surface area (Å²) in [4.78, 5) is 3.34. The van der Waals surface area contributed by atoms with E-state index >= 15 is 0 Å². The van der Waals surface area contributed by atoms with Gasteiger partial charge in [-0.25, -0.2) is 0 Å². The zero-order valence-electron chi connectivity index (χ0n) is 11.6. The number of nitrogens with one attached hydrogen (secondary N) is 1. The summed E-state index contributed by atoms with van der Waals surface area (Å²) in [5.74, 6) is 0.766. The third kappa shape index (κ3) is 2.36. The van der Waals surface area contributed by atoms with Crippen molar-refractivity contribution in [2.75, 3.05) is 0 Å². The number of hydrogen-bond acceptors (Lipinski definition) is 2. The van der Waals surface area contributed by atoms with Crippen LogP contribution in [0.4, 0.5) is 0 Å². The Morgan fingerprint density at radius 1 is 1.16 bits per heavy atom. The van der Waals surface area contributed by atoms with Crippen LogP contribution in [0.3, 0.4) is 0 Å². The molecule has 1 aliphatic rings. The Balaban J connectivity index is 2.00. The molecule has 19 heavy (non-hydrogen) atoms. The highest BCUT2D eigenvalue weighted by molar-refractivity contribution is 6.33. The van der Waals surface area contributed by atoms with Crippen LogP contribution < -0.4 is 0 Å². The Kier molecular flexibility index (Phi) is 3.48. The molecule has 1 aliphatic carbocycles. The Labute approximate surface area is 118 Å². The number of halogens is 1. The van der Waals surface area contributed by atoms with E-state index < -0.39 is 0 Å². The predicted octanol–water partition coefficient (Wildman–Crippen LogP) is 4.35. The largest absolute Gasteiger partial charge is 0.356 e. The van der Waals surface area contributed by atoms with E-state index in [-0.39, 0.29) is 0 Å². The molecule has 1 fully saturated rings.